The highest BCUT2D eigenvalue weighted by Gasteiger charge is 2.38. The lowest BCUT2D eigenvalue weighted by molar-refractivity contribution is -0.146. The molecule has 0 heterocycles. The molecule has 0 spiro atoms. The number of rotatable bonds is 4. The second kappa shape index (κ2) is 4.96. The molecular formula is C12H22O4S. The summed E-state index contributed by atoms with van der Waals surface area (Å²) < 4.78 is 22.3. The molecule has 0 bridgehead atoms. The SMILES string of the molecule is CC1(C)CCC(C(=O)O)C(CCS(C)(=O)=O)C1. The molecule has 1 aliphatic rings. The molecule has 0 saturated heterocycles. The van der Waals surface area contributed by atoms with Gasteiger partial charge >= 0.3 is 5.97 Å². The molecule has 0 amide bonds. The Morgan fingerprint density at radius 2 is 2.00 bits per heavy atom. The highest BCUT2D eigenvalue weighted by atomic mass is 32.2. The van der Waals surface area contributed by atoms with Crippen molar-refractivity contribution in [3.05, 3.63) is 0 Å². The van der Waals surface area contributed by atoms with E-state index in [1.54, 1.807) is 0 Å². The first-order valence-electron chi connectivity index (χ1n) is 6.01. The van der Waals surface area contributed by atoms with Gasteiger partial charge in [0, 0.05) is 6.26 Å². The minimum atomic E-state index is -3.00. The topological polar surface area (TPSA) is 71.4 Å². The predicted molar refractivity (Wildman–Crippen MR) is 66.6 cm³/mol. The van der Waals surface area contributed by atoms with E-state index in [0.29, 0.717) is 12.8 Å². The van der Waals surface area contributed by atoms with Gasteiger partial charge in [-0.15, -0.1) is 0 Å². The fourth-order valence-electron chi connectivity index (χ4n) is 2.73. The molecule has 1 saturated carbocycles. The maximum absolute atomic E-state index is 11.2. The van der Waals surface area contributed by atoms with Crippen LogP contribution in [0.1, 0.15) is 39.5 Å². The molecule has 17 heavy (non-hydrogen) atoms. The first kappa shape index (κ1) is 14.5. The van der Waals surface area contributed by atoms with Crippen molar-refractivity contribution in [2.24, 2.45) is 17.3 Å². The predicted octanol–water partition coefficient (Wildman–Crippen LogP) is 1.95. The Morgan fingerprint density at radius 3 is 2.47 bits per heavy atom. The van der Waals surface area contributed by atoms with Crippen molar-refractivity contribution in [3.8, 4) is 0 Å². The Balaban J connectivity index is 2.71. The van der Waals surface area contributed by atoms with Crippen molar-refractivity contribution >= 4 is 15.8 Å². The first-order valence-corrected chi connectivity index (χ1v) is 8.07. The van der Waals surface area contributed by atoms with E-state index in [1.807, 2.05) is 0 Å². The summed E-state index contributed by atoms with van der Waals surface area (Å²) in [4.78, 5) is 11.2. The van der Waals surface area contributed by atoms with Gasteiger partial charge in [0.15, 0.2) is 0 Å². The van der Waals surface area contributed by atoms with Crippen molar-refractivity contribution in [2.45, 2.75) is 39.5 Å². The summed E-state index contributed by atoms with van der Waals surface area (Å²) in [7, 11) is -3.00. The standard InChI is InChI=1S/C12H22O4S/c1-12(2)6-4-10(11(13)14)9(8-12)5-7-17(3,15)16/h9-10H,4-8H2,1-3H3,(H,13,14). The Labute approximate surface area is 103 Å². The Bertz CT molecular complexity index is 383. The van der Waals surface area contributed by atoms with Crippen molar-refractivity contribution < 1.29 is 18.3 Å². The van der Waals surface area contributed by atoms with Crippen molar-refractivity contribution in [1.29, 1.82) is 0 Å². The van der Waals surface area contributed by atoms with Gasteiger partial charge in [0.1, 0.15) is 9.84 Å². The number of hydrogen-bond acceptors (Lipinski definition) is 3. The van der Waals surface area contributed by atoms with E-state index in [9.17, 15) is 13.2 Å². The van der Waals surface area contributed by atoms with E-state index in [-0.39, 0.29) is 23.0 Å². The largest absolute Gasteiger partial charge is 0.481 e. The molecule has 1 rings (SSSR count). The van der Waals surface area contributed by atoms with Crippen LogP contribution in [0, 0.1) is 17.3 Å². The van der Waals surface area contributed by atoms with Gasteiger partial charge < -0.3 is 5.11 Å². The monoisotopic (exact) mass is 262 g/mol. The van der Waals surface area contributed by atoms with E-state index in [1.165, 1.54) is 6.26 Å². The van der Waals surface area contributed by atoms with Crippen LogP contribution in [0.5, 0.6) is 0 Å². The third-order valence-corrected chi connectivity index (χ3v) is 4.67. The summed E-state index contributed by atoms with van der Waals surface area (Å²) in [6, 6.07) is 0. The lowest BCUT2D eigenvalue weighted by atomic mass is 9.66. The van der Waals surface area contributed by atoms with Gasteiger partial charge in [-0.3, -0.25) is 4.79 Å². The van der Waals surface area contributed by atoms with Crippen LogP contribution in [-0.2, 0) is 14.6 Å². The summed E-state index contributed by atoms with van der Waals surface area (Å²) in [5.41, 5.74) is 0.133. The molecule has 0 aromatic rings. The normalized spacial score (nSPS) is 28.9. The van der Waals surface area contributed by atoms with Crippen molar-refractivity contribution in [2.75, 3.05) is 12.0 Å². The summed E-state index contributed by atoms with van der Waals surface area (Å²) in [6.45, 7) is 4.25. The van der Waals surface area contributed by atoms with Gasteiger partial charge in [-0.05, 0) is 37.0 Å². The fraction of sp³-hybridized carbons (Fsp3) is 0.917. The van der Waals surface area contributed by atoms with Crippen LogP contribution in [0.3, 0.4) is 0 Å². The highest BCUT2D eigenvalue weighted by Crippen LogP contribution is 2.43. The zero-order chi connectivity index (χ0) is 13.3. The summed E-state index contributed by atoms with van der Waals surface area (Å²) >= 11 is 0. The van der Waals surface area contributed by atoms with Gasteiger partial charge in [0.05, 0.1) is 11.7 Å². The molecular weight excluding hydrogens is 240 g/mol. The molecule has 0 radical (unpaired) electrons. The van der Waals surface area contributed by atoms with Gasteiger partial charge in [0.25, 0.3) is 0 Å². The molecule has 5 heteroatoms. The Kier molecular flexibility index (Phi) is 4.23. The molecule has 2 unspecified atom stereocenters. The molecule has 1 N–H and O–H groups in total. The summed E-state index contributed by atoms with van der Waals surface area (Å²) in [6.07, 6.45) is 4.05. The van der Waals surface area contributed by atoms with E-state index in [2.05, 4.69) is 13.8 Å². The summed E-state index contributed by atoms with van der Waals surface area (Å²) in [5.74, 6) is -1.06. The highest BCUT2D eigenvalue weighted by molar-refractivity contribution is 7.90. The number of hydrogen-bond donors (Lipinski definition) is 1. The minimum absolute atomic E-state index is 0.00836. The van der Waals surface area contributed by atoms with Crippen LogP contribution in [0.2, 0.25) is 0 Å². The Morgan fingerprint density at radius 1 is 1.41 bits per heavy atom. The van der Waals surface area contributed by atoms with Crippen LogP contribution >= 0.6 is 0 Å². The molecule has 2 atom stereocenters. The number of carbonyl (C=O) groups is 1. The van der Waals surface area contributed by atoms with E-state index in [0.717, 1.165) is 12.8 Å². The van der Waals surface area contributed by atoms with E-state index >= 15 is 0 Å². The zero-order valence-electron chi connectivity index (χ0n) is 10.8. The van der Waals surface area contributed by atoms with E-state index in [4.69, 9.17) is 5.11 Å². The van der Waals surface area contributed by atoms with Gasteiger partial charge in [0.2, 0.25) is 0 Å². The van der Waals surface area contributed by atoms with Crippen LogP contribution in [0.4, 0.5) is 0 Å². The van der Waals surface area contributed by atoms with Crippen LogP contribution in [0.25, 0.3) is 0 Å². The molecule has 100 valence electrons. The summed E-state index contributed by atoms with van der Waals surface area (Å²) in [5, 5.41) is 9.16. The average Bonchev–Trinajstić information content (AvgIpc) is 2.11. The molecule has 0 aromatic heterocycles. The third kappa shape index (κ3) is 4.66. The van der Waals surface area contributed by atoms with Gasteiger partial charge in [-0.25, -0.2) is 8.42 Å². The number of aliphatic carboxylic acids is 1. The lowest BCUT2D eigenvalue weighted by Crippen LogP contribution is -2.35. The number of carboxylic acids is 1. The second-order valence-electron chi connectivity index (χ2n) is 6.03. The van der Waals surface area contributed by atoms with Gasteiger partial charge in [-0.1, -0.05) is 13.8 Å². The molecule has 4 nitrogen and oxygen atoms in total. The minimum Gasteiger partial charge on any atom is -0.481 e. The zero-order valence-corrected chi connectivity index (χ0v) is 11.6. The van der Waals surface area contributed by atoms with E-state index < -0.39 is 15.8 Å². The van der Waals surface area contributed by atoms with Crippen LogP contribution in [-0.4, -0.2) is 31.5 Å². The van der Waals surface area contributed by atoms with Crippen molar-refractivity contribution in [3.63, 3.8) is 0 Å². The quantitative estimate of drug-likeness (QED) is 0.840. The second-order valence-corrected chi connectivity index (χ2v) is 8.29. The third-order valence-electron chi connectivity index (χ3n) is 3.69. The molecule has 1 fully saturated rings. The van der Waals surface area contributed by atoms with Crippen molar-refractivity contribution in [1.82, 2.24) is 0 Å². The Hall–Kier alpha value is -0.580. The lowest BCUT2D eigenvalue weighted by Gasteiger charge is -2.39. The maximum atomic E-state index is 11.2. The van der Waals surface area contributed by atoms with Crippen LogP contribution in [0.15, 0.2) is 0 Å². The number of carboxylic acid groups (broad SMARTS) is 1. The molecule has 0 aromatic carbocycles. The first-order chi connectivity index (χ1) is 7.61. The van der Waals surface area contributed by atoms with Crippen LogP contribution < -0.4 is 0 Å². The average molecular weight is 262 g/mol. The maximum Gasteiger partial charge on any atom is 0.306 e. The number of sulfone groups is 1. The molecule has 1 aliphatic carbocycles. The molecule has 0 aliphatic heterocycles. The van der Waals surface area contributed by atoms with Gasteiger partial charge in [-0.2, -0.15) is 0 Å². The smallest absolute Gasteiger partial charge is 0.306 e. The fourth-order valence-corrected chi connectivity index (χ4v) is 3.46.